The molecule has 0 unspecified atom stereocenters. The van der Waals surface area contributed by atoms with Gasteiger partial charge in [0.2, 0.25) is 0 Å². The Hall–Kier alpha value is -4.35. The monoisotopic (exact) mass is 572 g/mol. The van der Waals surface area contributed by atoms with E-state index in [9.17, 15) is 39.5 Å². The molecule has 3 nitrogen and oxygen atoms in total. The summed E-state index contributed by atoms with van der Waals surface area (Å²) >= 11 is 0. The van der Waals surface area contributed by atoms with Crippen molar-refractivity contribution in [2.75, 3.05) is 0 Å². The summed E-state index contributed by atoms with van der Waals surface area (Å²) in [5, 5.41) is 0. The average Bonchev–Trinajstić information content (AvgIpc) is 2.83. The molecule has 0 amide bonds. The van der Waals surface area contributed by atoms with Crippen LogP contribution in [0.2, 0.25) is 0 Å². The van der Waals surface area contributed by atoms with Crippen LogP contribution in [0.4, 0.5) is 39.5 Å². The van der Waals surface area contributed by atoms with E-state index in [0.29, 0.717) is 38.9 Å². The van der Waals surface area contributed by atoms with Crippen LogP contribution in [0.15, 0.2) is 84.9 Å². The SMILES string of the molecule is Cc1c(-c2ccc(OC(F)(F)F)cc2)cc(-c2ccc(OC(F)(F)F)cc2)cc1-c1ccc(OC(F)(F)F)cc1. The van der Waals surface area contributed by atoms with Crippen LogP contribution >= 0.6 is 0 Å². The molecule has 4 aromatic rings. The second-order valence-electron chi connectivity index (χ2n) is 8.41. The molecule has 0 saturated heterocycles. The predicted molar refractivity (Wildman–Crippen MR) is 128 cm³/mol. The van der Waals surface area contributed by atoms with Gasteiger partial charge < -0.3 is 14.2 Å². The van der Waals surface area contributed by atoms with E-state index in [4.69, 9.17) is 0 Å². The summed E-state index contributed by atoms with van der Waals surface area (Å²) in [6.45, 7) is 1.72. The van der Waals surface area contributed by atoms with Crippen LogP contribution in [-0.2, 0) is 0 Å². The Labute approximate surface area is 221 Å². The molecule has 0 aliphatic carbocycles. The Balaban J connectivity index is 1.79. The molecule has 0 heterocycles. The highest BCUT2D eigenvalue weighted by molar-refractivity contribution is 5.85. The lowest BCUT2D eigenvalue weighted by atomic mass is 9.88. The third-order valence-corrected chi connectivity index (χ3v) is 5.63. The Morgan fingerprint density at radius 2 is 0.675 bits per heavy atom. The standard InChI is InChI=1S/C28H17F9O3/c1-16-24(18-4-10-22(11-5-18)39-27(32,33)34)14-20(17-2-8-21(9-3-17)38-26(29,30)31)15-25(16)19-6-12-23(13-7-19)40-28(35,36)37/h2-15H,1H3. The summed E-state index contributed by atoms with van der Waals surface area (Å²) in [5.74, 6) is -1.32. The first kappa shape index (κ1) is 28.7. The number of hydrogen-bond donors (Lipinski definition) is 0. The second kappa shape index (κ2) is 10.7. The van der Waals surface area contributed by atoms with Crippen LogP contribution < -0.4 is 14.2 Å². The maximum absolute atomic E-state index is 12.6. The second-order valence-corrected chi connectivity index (χ2v) is 8.41. The molecule has 4 rings (SSSR count). The maximum atomic E-state index is 12.6. The Morgan fingerprint density at radius 1 is 0.400 bits per heavy atom. The van der Waals surface area contributed by atoms with Gasteiger partial charge in [-0.1, -0.05) is 36.4 Å². The van der Waals surface area contributed by atoms with Gasteiger partial charge in [-0.3, -0.25) is 0 Å². The van der Waals surface area contributed by atoms with E-state index in [-0.39, 0.29) is 0 Å². The van der Waals surface area contributed by atoms with Gasteiger partial charge in [0.25, 0.3) is 0 Å². The molecule has 0 aliphatic rings. The fourth-order valence-corrected chi connectivity index (χ4v) is 4.00. The van der Waals surface area contributed by atoms with E-state index >= 15 is 0 Å². The van der Waals surface area contributed by atoms with Crippen LogP contribution in [0.3, 0.4) is 0 Å². The number of rotatable bonds is 6. The van der Waals surface area contributed by atoms with E-state index in [1.54, 1.807) is 19.1 Å². The van der Waals surface area contributed by atoms with Crippen LogP contribution in [0.1, 0.15) is 5.56 Å². The minimum atomic E-state index is -4.88. The van der Waals surface area contributed by atoms with E-state index in [1.165, 1.54) is 36.4 Å². The lowest BCUT2D eigenvalue weighted by molar-refractivity contribution is -0.275. The van der Waals surface area contributed by atoms with Gasteiger partial charge in [-0.2, -0.15) is 0 Å². The molecule has 4 aromatic carbocycles. The van der Waals surface area contributed by atoms with Crippen molar-refractivity contribution in [2.24, 2.45) is 0 Å². The molecule has 12 heteroatoms. The first-order valence-electron chi connectivity index (χ1n) is 11.3. The van der Waals surface area contributed by atoms with Crippen molar-refractivity contribution in [3.05, 3.63) is 90.5 Å². The van der Waals surface area contributed by atoms with E-state index in [1.807, 2.05) is 0 Å². The molecule has 0 aromatic heterocycles. The number of benzene rings is 4. The van der Waals surface area contributed by atoms with Crippen molar-refractivity contribution < 1.29 is 53.7 Å². The zero-order valence-corrected chi connectivity index (χ0v) is 20.2. The highest BCUT2D eigenvalue weighted by Crippen LogP contribution is 2.39. The molecule has 0 N–H and O–H groups in total. The van der Waals surface area contributed by atoms with Crippen molar-refractivity contribution in [3.8, 4) is 50.6 Å². The van der Waals surface area contributed by atoms with E-state index in [0.717, 1.165) is 36.4 Å². The van der Waals surface area contributed by atoms with Crippen molar-refractivity contribution in [1.82, 2.24) is 0 Å². The van der Waals surface area contributed by atoms with Gasteiger partial charge >= 0.3 is 19.1 Å². The number of halogens is 9. The molecule has 210 valence electrons. The highest BCUT2D eigenvalue weighted by Gasteiger charge is 2.32. The van der Waals surface area contributed by atoms with Crippen LogP contribution in [0.25, 0.3) is 33.4 Å². The third-order valence-electron chi connectivity index (χ3n) is 5.63. The van der Waals surface area contributed by atoms with Gasteiger partial charge in [-0.25, -0.2) is 0 Å². The van der Waals surface area contributed by atoms with Crippen molar-refractivity contribution in [3.63, 3.8) is 0 Å². The van der Waals surface area contributed by atoms with Crippen LogP contribution in [0, 0.1) is 6.92 Å². The summed E-state index contributed by atoms with van der Waals surface area (Å²) in [6, 6.07) is 18.5. The van der Waals surface area contributed by atoms with Crippen molar-refractivity contribution >= 4 is 0 Å². The summed E-state index contributed by atoms with van der Waals surface area (Å²) in [7, 11) is 0. The van der Waals surface area contributed by atoms with Crippen LogP contribution in [0.5, 0.6) is 17.2 Å². The highest BCUT2D eigenvalue weighted by atomic mass is 19.4. The first-order chi connectivity index (χ1) is 18.6. The quantitative estimate of drug-likeness (QED) is 0.215. The zero-order chi connectivity index (χ0) is 29.3. The van der Waals surface area contributed by atoms with Gasteiger partial charge in [0, 0.05) is 0 Å². The molecule has 0 radical (unpaired) electrons. The minimum Gasteiger partial charge on any atom is -0.406 e. The number of ether oxygens (including phenoxy) is 3. The number of hydrogen-bond acceptors (Lipinski definition) is 3. The lowest BCUT2D eigenvalue weighted by Gasteiger charge is -2.17. The molecule has 0 aliphatic heterocycles. The third kappa shape index (κ3) is 7.61. The molecule has 40 heavy (non-hydrogen) atoms. The van der Waals surface area contributed by atoms with Gasteiger partial charge in [0.05, 0.1) is 0 Å². The normalized spacial score (nSPS) is 12.2. The average molecular weight is 572 g/mol. The van der Waals surface area contributed by atoms with Gasteiger partial charge in [0.15, 0.2) is 0 Å². The molecule has 0 saturated carbocycles. The Kier molecular flexibility index (Phi) is 7.64. The van der Waals surface area contributed by atoms with Crippen LogP contribution in [-0.4, -0.2) is 19.1 Å². The molecular formula is C28H17F9O3. The predicted octanol–water partition coefficient (Wildman–Crippen LogP) is 9.69. The number of alkyl halides is 9. The summed E-state index contributed by atoms with van der Waals surface area (Å²) in [4.78, 5) is 0. The van der Waals surface area contributed by atoms with Crippen molar-refractivity contribution in [2.45, 2.75) is 26.0 Å². The summed E-state index contributed by atoms with van der Waals surface area (Å²) < 4.78 is 125. The lowest BCUT2D eigenvalue weighted by Crippen LogP contribution is -2.16. The van der Waals surface area contributed by atoms with Crippen molar-refractivity contribution in [1.29, 1.82) is 0 Å². The molecule has 0 fully saturated rings. The molecule has 0 spiro atoms. The maximum Gasteiger partial charge on any atom is 0.573 e. The topological polar surface area (TPSA) is 27.7 Å². The smallest absolute Gasteiger partial charge is 0.406 e. The molecule has 0 bridgehead atoms. The van der Waals surface area contributed by atoms with Gasteiger partial charge in [0.1, 0.15) is 17.2 Å². The fraction of sp³-hybridized carbons (Fsp3) is 0.143. The Bertz CT molecular complexity index is 1370. The first-order valence-corrected chi connectivity index (χ1v) is 11.3. The molecular weight excluding hydrogens is 555 g/mol. The van der Waals surface area contributed by atoms with Gasteiger partial charge in [-0.15, -0.1) is 39.5 Å². The van der Waals surface area contributed by atoms with E-state index < -0.39 is 36.3 Å². The fourth-order valence-electron chi connectivity index (χ4n) is 4.00. The summed E-state index contributed by atoms with van der Waals surface area (Å²) in [5.41, 5.74) is 3.71. The minimum absolute atomic E-state index is 0.439. The van der Waals surface area contributed by atoms with E-state index in [2.05, 4.69) is 14.2 Å². The zero-order valence-electron chi connectivity index (χ0n) is 20.2. The summed E-state index contributed by atoms with van der Waals surface area (Å²) in [6.07, 6.45) is -14.6. The van der Waals surface area contributed by atoms with Gasteiger partial charge in [-0.05, 0) is 94.4 Å². The Morgan fingerprint density at radius 3 is 0.950 bits per heavy atom. The largest absolute Gasteiger partial charge is 0.573 e. The molecule has 0 atom stereocenters.